The van der Waals surface area contributed by atoms with E-state index < -0.39 is 11.0 Å². The van der Waals surface area contributed by atoms with Crippen molar-refractivity contribution in [2.75, 3.05) is 0 Å². The maximum Gasteiger partial charge on any atom is 0.336 e. The molecule has 4 aromatic rings. The van der Waals surface area contributed by atoms with E-state index in [2.05, 4.69) is 6.07 Å². The van der Waals surface area contributed by atoms with Gasteiger partial charge >= 0.3 is 5.63 Å². The molecule has 1 aromatic carbocycles. The summed E-state index contributed by atoms with van der Waals surface area (Å²) >= 11 is 2.85. The minimum Gasteiger partial charge on any atom is -0.423 e. The Morgan fingerprint density at radius 2 is 1.91 bits per heavy atom. The number of hydrogen-bond donors (Lipinski definition) is 0. The molecule has 174 valence electrons. The van der Waals surface area contributed by atoms with E-state index in [1.54, 1.807) is 22.0 Å². The number of aromatic nitrogens is 1. The van der Waals surface area contributed by atoms with Gasteiger partial charge in [-0.05, 0) is 65.6 Å². The highest BCUT2D eigenvalue weighted by Crippen LogP contribution is 2.28. The van der Waals surface area contributed by atoms with E-state index in [4.69, 9.17) is 4.42 Å². The number of Topliss-reactive ketones (excluding diaryl/α,β-unsaturated/α-hetero) is 1. The molecule has 1 aliphatic rings. The van der Waals surface area contributed by atoms with Gasteiger partial charge in [0.05, 0.1) is 11.1 Å². The Labute approximate surface area is 204 Å². The van der Waals surface area contributed by atoms with Crippen LogP contribution in [0.2, 0.25) is 0 Å². The molecule has 1 aliphatic carbocycles. The lowest BCUT2D eigenvalue weighted by molar-refractivity contribution is -0.120. The van der Waals surface area contributed by atoms with Gasteiger partial charge in [0.15, 0.2) is 5.78 Å². The number of hydrogen-bond acceptors (Lipinski definition) is 6. The van der Waals surface area contributed by atoms with Gasteiger partial charge in [-0.2, -0.15) is 0 Å². The summed E-state index contributed by atoms with van der Waals surface area (Å²) < 4.78 is 8.25. The highest BCUT2D eigenvalue weighted by molar-refractivity contribution is 7.11. The first-order valence-electron chi connectivity index (χ1n) is 11.3. The SMILES string of the molecule is CC(C)(C)C(=O)/C=c1/s/c(=C/c2cccs2)c(=O)n1Cc1cc(=O)oc2cc3c(cc12)CCC3. The number of thiazole rings is 1. The number of thiophene rings is 1. The summed E-state index contributed by atoms with van der Waals surface area (Å²) in [6, 6.07) is 9.41. The first kappa shape index (κ1) is 22.7. The molecule has 0 saturated carbocycles. The molecule has 0 N–H and O–H groups in total. The van der Waals surface area contributed by atoms with Crippen molar-refractivity contribution in [1.29, 1.82) is 0 Å². The Balaban J connectivity index is 1.71. The van der Waals surface area contributed by atoms with E-state index in [-0.39, 0.29) is 17.9 Å². The number of carbonyl (C=O) groups excluding carboxylic acids is 1. The van der Waals surface area contributed by atoms with Gasteiger partial charge in [0.1, 0.15) is 10.2 Å². The summed E-state index contributed by atoms with van der Waals surface area (Å²) in [6.45, 7) is 5.77. The molecule has 0 atom stereocenters. The molecule has 0 fully saturated rings. The molecule has 0 aliphatic heterocycles. The summed E-state index contributed by atoms with van der Waals surface area (Å²) in [5.41, 5.74) is 2.58. The standard InChI is InChI=1S/C27H25NO4S2/c1-27(2,3)23(29)14-24-28(26(31)22(34-24)13-19-8-5-9-33-19)15-18-12-25(30)32-21-11-17-7-4-6-16(17)10-20(18)21/h5,8-14H,4,6-7,15H2,1-3H3/b22-13+,24-14+. The van der Waals surface area contributed by atoms with Crippen molar-refractivity contribution in [1.82, 2.24) is 4.57 Å². The molecule has 5 rings (SSSR count). The second-order valence-corrected chi connectivity index (χ2v) is 11.7. The highest BCUT2D eigenvalue weighted by atomic mass is 32.1. The molecular formula is C27H25NO4S2. The van der Waals surface area contributed by atoms with Crippen molar-refractivity contribution >= 4 is 51.6 Å². The quantitative estimate of drug-likeness (QED) is 0.407. The second-order valence-electron chi connectivity index (χ2n) is 9.68. The van der Waals surface area contributed by atoms with Gasteiger partial charge in [0.25, 0.3) is 5.56 Å². The average molecular weight is 492 g/mol. The third kappa shape index (κ3) is 4.38. The molecule has 3 heterocycles. The molecule has 5 nitrogen and oxygen atoms in total. The molecule has 3 aromatic heterocycles. The number of rotatable bonds is 4. The van der Waals surface area contributed by atoms with Crippen LogP contribution in [0.1, 0.15) is 48.8 Å². The Kier molecular flexibility index (Phi) is 5.78. The van der Waals surface area contributed by atoms with E-state index in [9.17, 15) is 14.4 Å². The first-order valence-corrected chi connectivity index (χ1v) is 13.0. The Hall–Kier alpha value is -3.03. The maximum absolute atomic E-state index is 13.5. The molecule has 0 radical (unpaired) electrons. The van der Waals surface area contributed by atoms with Gasteiger partial charge in [-0.15, -0.1) is 22.7 Å². The van der Waals surface area contributed by atoms with Crippen molar-refractivity contribution in [2.45, 2.75) is 46.6 Å². The third-order valence-corrected chi connectivity index (χ3v) is 8.00. The van der Waals surface area contributed by atoms with Crippen LogP contribution in [0.3, 0.4) is 0 Å². The molecule has 0 amide bonds. The van der Waals surface area contributed by atoms with Gasteiger partial charge in [0, 0.05) is 27.8 Å². The number of carbonyl (C=O) groups is 1. The van der Waals surface area contributed by atoms with E-state index in [0.717, 1.165) is 35.1 Å². The fourth-order valence-corrected chi connectivity index (χ4v) is 5.98. The van der Waals surface area contributed by atoms with Crippen LogP contribution in [0, 0.1) is 5.41 Å². The summed E-state index contributed by atoms with van der Waals surface area (Å²) in [5, 5.41) is 2.80. The van der Waals surface area contributed by atoms with E-state index >= 15 is 0 Å². The zero-order valence-electron chi connectivity index (χ0n) is 19.3. The smallest absolute Gasteiger partial charge is 0.336 e. The Bertz CT molecular complexity index is 1640. The van der Waals surface area contributed by atoms with Crippen molar-refractivity contribution in [3.05, 3.63) is 87.2 Å². The number of ketones is 1. The van der Waals surface area contributed by atoms with Gasteiger partial charge in [-0.3, -0.25) is 14.2 Å². The van der Waals surface area contributed by atoms with Crippen molar-refractivity contribution < 1.29 is 9.21 Å². The zero-order chi connectivity index (χ0) is 24.0. The lowest BCUT2D eigenvalue weighted by atomic mass is 9.91. The molecule has 0 saturated heterocycles. The van der Waals surface area contributed by atoms with Gasteiger partial charge in [-0.25, -0.2) is 4.79 Å². The highest BCUT2D eigenvalue weighted by Gasteiger charge is 2.20. The topological polar surface area (TPSA) is 69.3 Å². The van der Waals surface area contributed by atoms with Crippen LogP contribution in [0.25, 0.3) is 23.1 Å². The third-order valence-electron chi connectivity index (χ3n) is 6.12. The van der Waals surface area contributed by atoms with Crippen molar-refractivity contribution in [2.24, 2.45) is 5.41 Å². The van der Waals surface area contributed by atoms with Crippen LogP contribution < -0.4 is 20.4 Å². The predicted molar refractivity (Wildman–Crippen MR) is 138 cm³/mol. The molecule has 7 heteroatoms. The normalized spacial score (nSPS) is 14.8. The van der Waals surface area contributed by atoms with E-state index in [1.165, 1.54) is 28.5 Å². The monoisotopic (exact) mass is 491 g/mol. The van der Waals surface area contributed by atoms with Gasteiger partial charge in [0.2, 0.25) is 0 Å². The average Bonchev–Trinajstić information content (AvgIpc) is 3.50. The van der Waals surface area contributed by atoms with E-state index in [1.807, 2.05) is 50.4 Å². The van der Waals surface area contributed by atoms with Crippen LogP contribution >= 0.6 is 22.7 Å². The molecular weight excluding hydrogens is 466 g/mol. The molecule has 0 unspecified atom stereocenters. The van der Waals surface area contributed by atoms with Gasteiger partial charge < -0.3 is 4.42 Å². The Morgan fingerprint density at radius 3 is 2.62 bits per heavy atom. The minimum atomic E-state index is -0.566. The number of benzene rings is 1. The fourth-order valence-electron chi connectivity index (χ4n) is 4.22. The summed E-state index contributed by atoms with van der Waals surface area (Å²) in [4.78, 5) is 39.7. The van der Waals surface area contributed by atoms with E-state index in [0.29, 0.717) is 14.8 Å². The van der Waals surface area contributed by atoms with Crippen LogP contribution in [-0.2, 0) is 24.2 Å². The predicted octanol–water partition coefficient (Wildman–Crippen LogP) is 3.84. The fraction of sp³-hybridized carbons (Fsp3) is 0.296. The molecule has 0 bridgehead atoms. The Morgan fingerprint density at radius 1 is 1.15 bits per heavy atom. The maximum atomic E-state index is 13.5. The number of aryl methyl sites for hydroxylation is 2. The largest absolute Gasteiger partial charge is 0.423 e. The van der Waals surface area contributed by atoms with Crippen LogP contribution in [0.5, 0.6) is 0 Å². The summed E-state index contributed by atoms with van der Waals surface area (Å²) in [7, 11) is 0. The first-order chi connectivity index (χ1) is 16.2. The van der Waals surface area contributed by atoms with Gasteiger partial charge in [-0.1, -0.05) is 26.8 Å². The van der Waals surface area contributed by atoms with Crippen molar-refractivity contribution in [3.8, 4) is 0 Å². The molecule has 0 spiro atoms. The van der Waals surface area contributed by atoms with Crippen molar-refractivity contribution in [3.63, 3.8) is 0 Å². The lowest BCUT2D eigenvalue weighted by Gasteiger charge is -2.13. The van der Waals surface area contributed by atoms with Crippen LogP contribution in [0.15, 0.2) is 49.7 Å². The summed E-state index contributed by atoms with van der Waals surface area (Å²) in [6.07, 6.45) is 6.49. The molecule has 34 heavy (non-hydrogen) atoms. The van der Waals surface area contributed by atoms with Crippen LogP contribution in [0.4, 0.5) is 0 Å². The second kappa shape index (κ2) is 8.64. The number of nitrogens with zero attached hydrogens (tertiary/aromatic N) is 1. The summed E-state index contributed by atoms with van der Waals surface area (Å²) in [5.74, 6) is -0.0552. The minimum absolute atomic E-state index is 0.0552. The van der Waals surface area contributed by atoms with Crippen LogP contribution in [-0.4, -0.2) is 10.4 Å². The zero-order valence-corrected chi connectivity index (χ0v) is 21.0. The lowest BCUT2D eigenvalue weighted by Crippen LogP contribution is -2.33. The number of fused-ring (bicyclic) bond motifs is 2.